The van der Waals surface area contributed by atoms with Crippen LogP contribution >= 0.6 is 0 Å². The quantitative estimate of drug-likeness (QED) is 0.472. The van der Waals surface area contributed by atoms with Crippen molar-refractivity contribution in [2.24, 2.45) is 5.73 Å². The summed E-state index contributed by atoms with van der Waals surface area (Å²) in [5.41, 5.74) is 5.46. The van der Waals surface area contributed by atoms with Crippen molar-refractivity contribution in [1.82, 2.24) is 9.80 Å². The molecule has 0 aromatic carbocycles. The molecule has 0 spiro atoms. The van der Waals surface area contributed by atoms with Gasteiger partial charge in [-0.25, -0.2) is 0 Å². The van der Waals surface area contributed by atoms with Crippen LogP contribution in [0.2, 0.25) is 0 Å². The molecule has 1 heterocycles. The van der Waals surface area contributed by atoms with Gasteiger partial charge in [-0.2, -0.15) is 0 Å². The average Bonchev–Trinajstić information content (AvgIpc) is 2.71. The highest BCUT2D eigenvalue weighted by atomic mass is 15.3. The zero-order valence-electron chi connectivity index (χ0n) is 8.71. The van der Waals surface area contributed by atoms with Gasteiger partial charge < -0.3 is 10.6 Å². The van der Waals surface area contributed by atoms with Gasteiger partial charge in [0.25, 0.3) is 0 Å². The molecular weight excluding hydrogens is 176 g/mol. The Bertz CT molecular complexity index is 202. The number of nitrogens with two attached hydrogens (primary N) is 1. The number of guanidine groups is 1. The van der Waals surface area contributed by atoms with E-state index >= 15 is 0 Å². The van der Waals surface area contributed by atoms with Gasteiger partial charge in [0.1, 0.15) is 0 Å². The third-order valence-electron chi connectivity index (χ3n) is 3.50. The Morgan fingerprint density at radius 1 is 1.07 bits per heavy atom. The normalized spacial score (nSPS) is 25.6. The van der Waals surface area contributed by atoms with Crippen LogP contribution in [0.3, 0.4) is 0 Å². The van der Waals surface area contributed by atoms with Crippen molar-refractivity contribution in [2.45, 2.75) is 31.7 Å². The number of hydrogen-bond acceptors (Lipinski definition) is 2. The fourth-order valence-corrected chi connectivity index (χ4v) is 2.60. The number of hydrogen-bond donors (Lipinski definition) is 2. The Labute approximate surface area is 85.6 Å². The Hall–Kier alpha value is -0.770. The number of piperazine rings is 1. The summed E-state index contributed by atoms with van der Waals surface area (Å²) in [5.74, 6) is 0.232. The molecule has 0 bridgehead atoms. The standard InChI is InChI=1S/C10H20N4/c11-10(12)14-7-5-13(6-8-14)9-3-1-2-4-9/h9H,1-8H2,(H3,11,12). The van der Waals surface area contributed by atoms with Gasteiger partial charge in [0.15, 0.2) is 5.96 Å². The van der Waals surface area contributed by atoms with E-state index in [0.29, 0.717) is 0 Å². The highest BCUT2D eigenvalue weighted by Gasteiger charge is 2.26. The van der Waals surface area contributed by atoms with Crippen LogP contribution in [0.25, 0.3) is 0 Å². The van der Waals surface area contributed by atoms with Crippen molar-refractivity contribution in [2.75, 3.05) is 26.2 Å². The van der Waals surface area contributed by atoms with Crippen LogP contribution in [0.1, 0.15) is 25.7 Å². The Morgan fingerprint density at radius 2 is 1.64 bits per heavy atom. The summed E-state index contributed by atoms with van der Waals surface area (Å²) in [6.07, 6.45) is 5.55. The largest absolute Gasteiger partial charge is 0.370 e. The van der Waals surface area contributed by atoms with E-state index < -0.39 is 0 Å². The van der Waals surface area contributed by atoms with Crippen molar-refractivity contribution in [3.8, 4) is 0 Å². The van der Waals surface area contributed by atoms with Crippen LogP contribution in [0.15, 0.2) is 0 Å². The van der Waals surface area contributed by atoms with Gasteiger partial charge in [0.2, 0.25) is 0 Å². The first-order chi connectivity index (χ1) is 6.77. The number of rotatable bonds is 1. The fourth-order valence-electron chi connectivity index (χ4n) is 2.60. The van der Waals surface area contributed by atoms with Gasteiger partial charge in [0, 0.05) is 32.2 Å². The molecule has 1 aliphatic carbocycles. The van der Waals surface area contributed by atoms with Gasteiger partial charge in [-0.05, 0) is 12.8 Å². The van der Waals surface area contributed by atoms with Crippen LogP contribution in [0, 0.1) is 5.41 Å². The monoisotopic (exact) mass is 196 g/mol. The summed E-state index contributed by atoms with van der Waals surface area (Å²) < 4.78 is 0. The molecule has 1 saturated carbocycles. The molecule has 2 rings (SSSR count). The first-order valence-electron chi connectivity index (χ1n) is 5.60. The second-order valence-corrected chi connectivity index (χ2v) is 4.35. The van der Waals surface area contributed by atoms with E-state index in [-0.39, 0.29) is 5.96 Å². The van der Waals surface area contributed by atoms with Gasteiger partial charge in [0.05, 0.1) is 0 Å². The lowest BCUT2D eigenvalue weighted by atomic mass is 10.2. The van der Waals surface area contributed by atoms with Crippen LogP contribution in [-0.2, 0) is 0 Å². The molecule has 2 fully saturated rings. The van der Waals surface area contributed by atoms with E-state index in [1.807, 2.05) is 4.90 Å². The molecule has 14 heavy (non-hydrogen) atoms. The van der Waals surface area contributed by atoms with Crippen molar-refractivity contribution in [1.29, 1.82) is 5.41 Å². The minimum absolute atomic E-state index is 0.232. The molecule has 0 amide bonds. The summed E-state index contributed by atoms with van der Waals surface area (Å²) in [5, 5.41) is 7.35. The SMILES string of the molecule is N=C(N)N1CCN(C2CCCC2)CC1. The van der Waals surface area contributed by atoms with E-state index in [1.54, 1.807) is 0 Å². The maximum Gasteiger partial charge on any atom is 0.188 e. The Balaban J connectivity index is 1.80. The van der Waals surface area contributed by atoms with E-state index in [2.05, 4.69) is 4.90 Å². The number of nitrogens with one attached hydrogen (secondary N) is 1. The third-order valence-corrected chi connectivity index (χ3v) is 3.50. The molecule has 0 atom stereocenters. The molecule has 4 nitrogen and oxygen atoms in total. The average molecular weight is 196 g/mol. The third kappa shape index (κ3) is 2.00. The highest BCUT2D eigenvalue weighted by molar-refractivity contribution is 5.74. The predicted octanol–water partition coefficient (Wildman–Crippen LogP) is 0.440. The molecule has 2 aliphatic rings. The van der Waals surface area contributed by atoms with Gasteiger partial charge in [-0.3, -0.25) is 10.3 Å². The van der Waals surface area contributed by atoms with Crippen LogP contribution in [0.4, 0.5) is 0 Å². The van der Waals surface area contributed by atoms with E-state index in [9.17, 15) is 0 Å². The lowest BCUT2D eigenvalue weighted by Gasteiger charge is -2.38. The van der Waals surface area contributed by atoms with E-state index in [0.717, 1.165) is 32.2 Å². The summed E-state index contributed by atoms with van der Waals surface area (Å²) in [4.78, 5) is 4.54. The fraction of sp³-hybridized carbons (Fsp3) is 0.900. The molecule has 3 N–H and O–H groups in total. The van der Waals surface area contributed by atoms with Crippen molar-refractivity contribution >= 4 is 5.96 Å². The number of nitrogens with zero attached hydrogens (tertiary/aromatic N) is 2. The van der Waals surface area contributed by atoms with Crippen molar-refractivity contribution < 1.29 is 0 Å². The Kier molecular flexibility index (Phi) is 2.91. The lowest BCUT2D eigenvalue weighted by molar-refractivity contribution is 0.133. The molecule has 0 unspecified atom stereocenters. The molecule has 0 aromatic heterocycles. The van der Waals surface area contributed by atoms with Gasteiger partial charge in [-0.1, -0.05) is 12.8 Å². The first-order valence-corrected chi connectivity index (χ1v) is 5.60. The molecule has 1 aliphatic heterocycles. The van der Waals surface area contributed by atoms with Crippen molar-refractivity contribution in [3.05, 3.63) is 0 Å². The van der Waals surface area contributed by atoms with E-state index in [1.165, 1.54) is 25.7 Å². The minimum atomic E-state index is 0.232. The molecule has 0 aromatic rings. The molecule has 1 saturated heterocycles. The zero-order chi connectivity index (χ0) is 9.97. The summed E-state index contributed by atoms with van der Waals surface area (Å²) in [7, 11) is 0. The highest BCUT2D eigenvalue weighted by Crippen LogP contribution is 2.24. The predicted molar refractivity (Wildman–Crippen MR) is 57.3 cm³/mol. The maximum atomic E-state index is 7.35. The topological polar surface area (TPSA) is 56.4 Å². The summed E-state index contributed by atoms with van der Waals surface area (Å²) in [6, 6.07) is 0.823. The Morgan fingerprint density at radius 3 is 2.14 bits per heavy atom. The van der Waals surface area contributed by atoms with E-state index in [4.69, 9.17) is 11.1 Å². The minimum Gasteiger partial charge on any atom is -0.370 e. The van der Waals surface area contributed by atoms with Crippen LogP contribution in [-0.4, -0.2) is 48.0 Å². The smallest absolute Gasteiger partial charge is 0.188 e. The van der Waals surface area contributed by atoms with Crippen LogP contribution < -0.4 is 5.73 Å². The second kappa shape index (κ2) is 4.17. The van der Waals surface area contributed by atoms with Gasteiger partial charge in [-0.15, -0.1) is 0 Å². The molecule has 4 heteroatoms. The second-order valence-electron chi connectivity index (χ2n) is 4.35. The molecule has 0 radical (unpaired) electrons. The summed E-state index contributed by atoms with van der Waals surface area (Å²) >= 11 is 0. The van der Waals surface area contributed by atoms with Crippen LogP contribution in [0.5, 0.6) is 0 Å². The van der Waals surface area contributed by atoms with Gasteiger partial charge >= 0.3 is 0 Å². The summed E-state index contributed by atoms with van der Waals surface area (Å²) in [6.45, 7) is 4.05. The maximum absolute atomic E-state index is 7.35. The molecule has 80 valence electrons. The molecular formula is C10H20N4. The zero-order valence-corrected chi connectivity index (χ0v) is 8.71. The first kappa shape index (κ1) is 9.77. The van der Waals surface area contributed by atoms with Crippen molar-refractivity contribution in [3.63, 3.8) is 0 Å². The lowest BCUT2D eigenvalue weighted by Crippen LogP contribution is -2.53.